The number of nitrogens with one attached hydrogen (secondary N) is 2. The van der Waals surface area contributed by atoms with Crippen LogP contribution < -0.4 is 16.4 Å². The molecule has 0 saturated heterocycles. The van der Waals surface area contributed by atoms with Gasteiger partial charge in [-0.3, -0.25) is 14.6 Å². The molecular weight excluding hydrogens is 640 g/mol. The van der Waals surface area contributed by atoms with Gasteiger partial charge in [-0.1, -0.05) is 64.5 Å². The molecule has 0 bridgehead atoms. The van der Waals surface area contributed by atoms with Gasteiger partial charge >= 0.3 is 0 Å². The Hall–Kier alpha value is -3.68. The van der Waals surface area contributed by atoms with Crippen molar-refractivity contribution >= 4 is 28.0 Å². The van der Waals surface area contributed by atoms with Gasteiger partial charge in [0, 0.05) is 44.2 Å². The summed E-state index contributed by atoms with van der Waals surface area (Å²) in [6.45, 7) is 9.54. The third kappa shape index (κ3) is 16.9. The largest absolute Gasteiger partial charge is 0.390 e. The summed E-state index contributed by atoms with van der Waals surface area (Å²) >= 11 is 0. The highest BCUT2D eigenvalue weighted by Gasteiger charge is 2.24. The smallest absolute Gasteiger partial charge is 0.242 e. The Kier molecular flexibility index (Phi) is 19.4. The number of aliphatic hydroxyl groups excluding tert-OH is 1. The number of carbonyl (C=O) groups is 2. The number of nitrogens with zero attached hydrogens (tertiary/aromatic N) is 2. The van der Waals surface area contributed by atoms with Gasteiger partial charge < -0.3 is 26.4 Å². The first kappa shape index (κ1) is 42.3. The Balaban J connectivity index is 0.000000894. The Bertz CT molecular complexity index is 1430. The second-order valence-electron chi connectivity index (χ2n) is 11.8. The molecule has 5 N–H and O–H groups in total. The first-order valence-electron chi connectivity index (χ1n) is 16.2. The molecule has 13 heteroatoms. The molecule has 0 saturated carbocycles. The number of aliphatic hydroxyl groups is 1. The second-order valence-corrected chi connectivity index (χ2v) is 14.1. The van der Waals surface area contributed by atoms with Gasteiger partial charge in [0.15, 0.2) is 0 Å². The van der Waals surface area contributed by atoms with E-state index in [0.717, 1.165) is 61.4 Å². The number of rotatable bonds is 19. The van der Waals surface area contributed by atoms with E-state index in [-0.39, 0.29) is 37.7 Å². The summed E-state index contributed by atoms with van der Waals surface area (Å²) in [6.07, 6.45) is 5.87. The lowest BCUT2D eigenvalue weighted by Gasteiger charge is -2.28. The SMILES string of the molecule is C=C(CC(=O)NCC(=O)N(Cc1cccc(CC)c1)CC(O)C(N)Cc1cc(F)cc(F)c1)NC=NC.CCCC(CCC)S(C)(=O)=O. The summed E-state index contributed by atoms with van der Waals surface area (Å²) in [4.78, 5) is 30.4. The van der Waals surface area contributed by atoms with E-state index < -0.39 is 45.4 Å². The first-order chi connectivity index (χ1) is 22.6. The Morgan fingerprint density at radius 2 is 1.65 bits per heavy atom. The van der Waals surface area contributed by atoms with Gasteiger partial charge in [-0.2, -0.15) is 0 Å². The summed E-state index contributed by atoms with van der Waals surface area (Å²) in [7, 11) is -1.22. The summed E-state index contributed by atoms with van der Waals surface area (Å²) in [5.74, 6) is -2.31. The van der Waals surface area contributed by atoms with E-state index in [1.807, 2.05) is 45.0 Å². The van der Waals surface area contributed by atoms with Crippen LogP contribution in [0.3, 0.4) is 0 Å². The summed E-state index contributed by atoms with van der Waals surface area (Å²) < 4.78 is 49.3. The monoisotopic (exact) mass is 693 g/mol. The molecule has 2 unspecified atom stereocenters. The van der Waals surface area contributed by atoms with Crippen molar-refractivity contribution in [1.29, 1.82) is 0 Å². The third-order valence-corrected chi connectivity index (χ3v) is 9.14. The maximum absolute atomic E-state index is 13.5. The molecule has 2 rings (SSSR count). The van der Waals surface area contributed by atoms with Gasteiger partial charge in [0.25, 0.3) is 0 Å². The average molecular weight is 694 g/mol. The molecule has 0 aliphatic carbocycles. The predicted molar refractivity (Wildman–Crippen MR) is 188 cm³/mol. The summed E-state index contributed by atoms with van der Waals surface area (Å²) in [6, 6.07) is 9.87. The number of hydrogen-bond donors (Lipinski definition) is 4. The van der Waals surface area contributed by atoms with Gasteiger partial charge in [0.05, 0.1) is 30.7 Å². The summed E-state index contributed by atoms with van der Waals surface area (Å²) in [5, 5.41) is 16.0. The Morgan fingerprint density at radius 3 is 2.19 bits per heavy atom. The van der Waals surface area contributed by atoms with Crippen molar-refractivity contribution in [3.63, 3.8) is 0 Å². The number of nitrogens with two attached hydrogens (primary N) is 1. The number of halogens is 2. The standard InChI is InChI=1S/C27H35F2N5O3.C8H18O2S/c1-4-19-6-5-7-20(9-19)15-34(27(37)14-32-26(36)8-18(2)33-17-31-3)16-25(35)24(30)12-21-10-22(28)13-23(29)11-21;1-4-6-8(7-5-2)11(3,9)10/h5-7,9-11,13,17,24-25,35H,2,4,8,12,14-16,30H2,1,3H3,(H,31,33)(H,32,36);8H,4-7H2,1-3H3. The number of aliphatic imine (C=N–C) groups is 1. The van der Waals surface area contributed by atoms with Crippen LogP contribution in [0.4, 0.5) is 8.78 Å². The van der Waals surface area contributed by atoms with E-state index in [0.29, 0.717) is 11.3 Å². The normalized spacial score (nSPS) is 12.6. The van der Waals surface area contributed by atoms with Crippen molar-refractivity contribution in [3.05, 3.63) is 83.1 Å². The van der Waals surface area contributed by atoms with Crippen molar-refractivity contribution in [2.24, 2.45) is 10.7 Å². The van der Waals surface area contributed by atoms with Gasteiger partial charge in [-0.25, -0.2) is 17.2 Å². The fourth-order valence-electron chi connectivity index (χ4n) is 4.89. The van der Waals surface area contributed by atoms with Crippen LogP contribution in [0.2, 0.25) is 0 Å². The van der Waals surface area contributed by atoms with Crippen LogP contribution in [-0.4, -0.2) is 80.4 Å². The molecule has 268 valence electrons. The molecule has 0 radical (unpaired) electrons. The van der Waals surface area contributed by atoms with Crippen LogP contribution in [-0.2, 0) is 38.8 Å². The quantitative estimate of drug-likeness (QED) is 0.128. The van der Waals surface area contributed by atoms with E-state index in [1.54, 1.807) is 7.05 Å². The Morgan fingerprint density at radius 1 is 1.04 bits per heavy atom. The summed E-state index contributed by atoms with van der Waals surface area (Å²) in [5.41, 5.74) is 8.78. The van der Waals surface area contributed by atoms with Gasteiger partial charge in [0.1, 0.15) is 21.5 Å². The highest BCUT2D eigenvalue weighted by atomic mass is 32.2. The molecule has 0 spiro atoms. The van der Waals surface area contributed by atoms with E-state index >= 15 is 0 Å². The topological polar surface area (TPSA) is 154 Å². The van der Waals surface area contributed by atoms with Crippen molar-refractivity contribution in [2.75, 3.05) is 26.4 Å². The van der Waals surface area contributed by atoms with Crippen LogP contribution in [0.5, 0.6) is 0 Å². The predicted octanol–water partition coefficient (Wildman–Crippen LogP) is 4.05. The molecule has 2 aromatic rings. The average Bonchev–Trinajstić information content (AvgIpc) is 3.01. The number of hydrogen-bond acceptors (Lipinski definition) is 7. The number of carbonyl (C=O) groups excluding carboxylic acids is 2. The zero-order valence-corrected chi connectivity index (χ0v) is 29.7. The van der Waals surface area contributed by atoms with Crippen molar-refractivity contribution < 1.29 is 31.9 Å². The molecule has 2 atom stereocenters. The molecular formula is C35H53F2N5O5S. The van der Waals surface area contributed by atoms with E-state index in [9.17, 15) is 31.9 Å². The lowest BCUT2D eigenvalue weighted by atomic mass is 10.0. The molecule has 2 amide bonds. The van der Waals surface area contributed by atoms with E-state index in [4.69, 9.17) is 5.73 Å². The maximum atomic E-state index is 13.5. The highest BCUT2D eigenvalue weighted by molar-refractivity contribution is 7.91. The molecule has 10 nitrogen and oxygen atoms in total. The number of aryl methyl sites for hydroxylation is 1. The molecule has 0 aliphatic heterocycles. The van der Waals surface area contributed by atoms with Crippen molar-refractivity contribution in [1.82, 2.24) is 15.5 Å². The maximum Gasteiger partial charge on any atom is 0.242 e. The molecule has 2 aromatic carbocycles. The van der Waals surface area contributed by atoms with Crippen LogP contribution in [0.15, 0.2) is 59.7 Å². The molecule has 0 aliphatic rings. The van der Waals surface area contributed by atoms with Gasteiger partial charge in [-0.05, 0) is 54.5 Å². The minimum absolute atomic E-state index is 0.0100. The molecule has 0 heterocycles. The zero-order valence-electron chi connectivity index (χ0n) is 28.8. The van der Waals surface area contributed by atoms with Crippen molar-refractivity contribution in [3.8, 4) is 0 Å². The first-order valence-corrected chi connectivity index (χ1v) is 18.1. The van der Waals surface area contributed by atoms with Crippen LogP contribution in [0, 0.1) is 11.6 Å². The molecule has 0 fully saturated rings. The Labute approximate surface area is 284 Å². The second kappa shape index (κ2) is 22.0. The lowest BCUT2D eigenvalue weighted by Crippen LogP contribution is -2.48. The van der Waals surface area contributed by atoms with Gasteiger partial charge in [-0.15, -0.1) is 0 Å². The minimum Gasteiger partial charge on any atom is -0.390 e. The number of benzene rings is 2. The zero-order chi connectivity index (χ0) is 36.3. The van der Waals surface area contributed by atoms with E-state index in [1.165, 1.54) is 17.5 Å². The van der Waals surface area contributed by atoms with Crippen LogP contribution in [0.25, 0.3) is 0 Å². The van der Waals surface area contributed by atoms with Crippen LogP contribution >= 0.6 is 0 Å². The van der Waals surface area contributed by atoms with Gasteiger partial charge in [0.2, 0.25) is 11.8 Å². The lowest BCUT2D eigenvalue weighted by molar-refractivity contribution is -0.134. The fraction of sp³-hybridized carbons (Fsp3) is 0.514. The fourth-order valence-corrected chi connectivity index (χ4v) is 6.21. The molecule has 48 heavy (non-hydrogen) atoms. The molecule has 0 aromatic heterocycles. The minimum atomic E-state index is -2.79. The van der Waals surface area contributed by atoms with Crippen LogP contribution in [0.1, 0.15) is 69.6 Å². The highest BCUT2D eigenvalue weighted by Crippen LogP contribution is 2.15. The van der Waals surface area contributed by atoms with Crippen molar-refractivity contribution in [2.45, 2.75) is 89.7 Å². The third-order valence-electron chi connectivity index (χ3n) is 7.46. The van der Waals surface area contributed by atoms with E-state index in [2.05, 4.69) is 22.2 Å². The number of sulfone groups is 1. The number of amides is 2.